The molecule has 0 aliphatic carbocycles. The number of nitrogens with one attached hydrogen (secondary N) is 1. The summed E-state index contributed by atoms with van der Waals surface area (Å²) in [5.41, 5.74) is 1.69. The Balaban J connectivity index is 2.16. The highest BCUT2D eigenvalue weighted by Gasteiger charge is 2.38. The summed E-state index contributed by atoms with van der Waals surface area (Å²) in [5, 5.41) is 14.9. The van der Waals surface area contributed by atoms with Crippen LogP contribution in [-0.2, 0) is 9.53 Å². The van der Waals surface area contributed by atoms with Crippen molar-refractivity contribution in [3.05, 3.63) is 75.5 Å². The van der Waals surface area contributed by atoms with Crippen molar-refractivity contribution < 1.29 is 19.2 Å². The van der Waals surface area contributed by atoms with E-state index in [9.17, 15) is 14.9 Å². The molecule has 1 aliphatic heterocycles. The van der Waals surface area contributed by atoms with Crippen LogP contribution >= 0.6 is 12.2 Å². The summed E-state index contributed by atoms with van der Waals surface area (Å²) in [6, 6.07) is 12.6. The molecule has 2 aromatic carbocycles. The minimum atomic E-state index is -0.814. The first-order valence-corrected chi connectivity index (χ1v) is 9.07. The largest absolute Gasteiger partial charge is 0.497 e. The first-order valence-electron chi connectivity index (χ1n) is 8.66. The normalized spacial score (nSPS) is 16.3. The van der Waals surface area contributed by atoms with Crippen molar-refractivity contribution in [2.45, 2.75) is 13.0 Å². The number of rotatable bonds is 5. The van der Waals surface area contributed by atoms with E-state index < -0.39 is 16.9 Å². The second kappa shape index (κ2) is 8.27. The monoisotopic (exact) mass is 413 g/mol. The second-order valence-corrected chi connectivity index (χ2v) is 6.61. The number of esters is 1. The number of nitro benzene ring substituents is 1. The Morgan fingerprint density at radius 1 is 1.17 bits per heavy atom. The molecule has 1 aliphatic rings. The predicted octanol–water partition coefficient (Wildman–Crippen LogP) is 3.49. The van der Waals surface area contributed by atoms with Crippen LogP contribution in [0, 0.1) is 10.1 Å². The Hall–Kier alpha value is -3.46. The van der Waals surface area contributed by atoms with Crippen LogP contribution in [0.15, 0.2) is 59.8 Å². The van der Waals surface area contributed by atoms with Crippen molar-refractivity contribution in [2.75, 3.05) is 19.1 Å². The van der Waals surface area contributed by atoms with E-state index in [1.807, 2.05) is 0 Å². The summed E-state index contributed by atoms with van der Waals surface area (Å²) in [7, 11) is 2.84. The van der Waals surface area contributed by atoms with Gasteiger partial charge in [0.25, 0.3) is 5.69 Å². The molecule has 0 saturated heterocycles. The van der Waals surface area contributed by atoms with Gasteiger partial charge in [0.1, 0.15) is 5.75 Å². The molecular formula is C20H19N3O5S. The molecular weight excluding hydrogens is 394 g/mol. The van der Waals surface area contributed by atoms with Crippen LogP contribution in [0.1, 0.15) is 18.5 Å². The Morgan fingerprint density at radius 3 is 2.41 bits per heavy atom. The maximum Gasteiger partial charge on any atom is 0.337 e. The lowest BCUT2D eigenvalue weighted by Gasteiger charge is -2.37. The van der Waals surface area contributed by atoms with E-state index >= 15 is 0 Å². The third-order valence-corrected chi connectivity index (χ3v) is 4.97. The van der Waals surface area contributed by atoms with Crippen LogP contribution < -0.4 is 15.0 Å². The van der Waals surface area contributed by atoms with E-state index in [0.29, 0.717) is 27.8 Å². The topological polar surface area (TPSA) is 93.9 Å². The van der Waals surface area contributed by atoms with Crippen LogP contribution in [0.4, 0.5) is 11.4 Å². The van der Waals surface area contributed by atoms with Gasteiger partial charge in [0.05, 0.1) is 36.3 Å². The maximum absolute atomic E-state index is 12.6. The highest BCUT2D eigenvalue weighted by atomic mass is 32.1. The number of hydrogen-bond acceptors (Lipinski definition) is 6. The Labute approximate surface area is 172 Å². The average molecular weight is 413 g/mol. The highest BCUT2D eigenvalue weighted by Crippen LogP contribution is 2.37. The fourth-order valence-electron chi connectivity index (χ4n) is 3.29. The molecule has 1 heterocycles. The predicted molar refractivity (Wildman–Crippen MR) is 112 cm³/mol. The first-order chi connectivity index (χ1) is 13.9. The smallest absolute Gasteiger partial charge is 0.337 e. The van der Waals surface area contributed by atoms with Crippen molar-refractivity contribution >= 4 is 34.7 Å². The standard InChI is InChI=1S/C20H19N3O5S/c1-12-17(19(24)28-3)18(15-6-4-5-7-16(15)23(25)26)21-20(29)22(12)13-8-10-14(27-2)11-9-13/h4-11,18H,1-3H3,(H,21,29). The number of ether oxygens (including phenoxy) is 2. The summed E-state index contributed by atoms with van der Waals surface area (Å²) >= 11 is 5.54. The summed E-state index contributed by atoms with van der Waals surface area (Å²) in [6.45, 7) is 1.73. The van der Waals surface area contributed by atoms with Crippen molar-refractivity contribution in [3.63, 3.8) is 0 Å². The van der Waals surface area contributed by atoms with Gasteiger partial charge in [-0.25, -0.2) is 4.79 Å². The first kappa shape index (κ1) is 20.3. The number of nitro groups is 1. The van der Waals surface area contributed by atoms with Crippen LogP contribution in [-0.4, -0.2) is 30.2 Å². The fraction of sp³-hybridized carbons (Fsp3) is 0.200. The quantitative estimate of drug-likeness (QED) is 0.345. The molecule has 150 valence electrons. The van der Waals surface area contributed by atoms with Crippen molar-refractivity contribution in [1.29, 1.82) is 0 Å². The molecule has 0 radical (unpaired) electrons. The van der Waals surface area contributed by atoms with E-state index in [1.165, 1.54) is 13.2 Å². The molecule has 0 aromatic heterocycles. The fourth-order valence-corrected chi connectivity index (χ4v) is 3.65. The number of hydrogen-bond donors (Lipinski definition) is 1. The zero-order chi connectivity index (χ0) is 21.1. The molecule has 8 nitrogen and oxygen atoms in total. The van der Waals surface area contributed by atoms with Crippen molar-refractivity contribution in [3.8, 4) is 5.75 Å². The zero-order valence-corrected chi connectivity index (χ0v) is 16.9. The molecule has 3 rings (SSSR count). The van der Waals surface area contributed by atoms with E-state index in [2.05, 4.69) is 5.32 Å². The summed E-state index contributed by atoms with van der Waals surface area (Å²) in [4.78, 5) is 25.4. The van der Waals surface area contributed by atoms with Gasteiger partial charge in [-0.3, -0.25) is 15.0 Å². The van der Waals surface area contributed by atoms with Gasteiger partial charge in [-0.05, 0) is 49.5 Å². The minimum Gasteiger partial charge on any atom is -0.497 e. The Kier molecular flexibility index (Phi) is 5.79. The minimum absolute atomic E-state index is 0.111. The number of thiocarbonyl (C=S) groups is 1. The average Bonchev–Trinajstić information content (AvgIpc) is 2.73. The number of carbonyl (C=O) groups excluding carboxylic acids is 1. The van der Waals surface area contributed by atoms with Crippen LogP contribution in [0.25, 0.3) is 0 Å². The van der Waals surface area contributed by atoms with Gasteiger partial charge >= 0.3 is 5.97 Å². The molecule has 0 fully saturated rings. The van der Waals surface area contributed by atoms with Gasteiger partial charge in [-0.2, -0.15) is 0 Å². The zero-order valence-electron chi connectivity index (χ0n) is 16.0. The molecule has 0 amide bonds. The SMILES string of the molecule is COC(=O)C1=C(C)N(c2ccc(OC)cc2)C(=S)NC1c1ccccc1[N+](=O)[O-]. The van der Waals surface area contributed by atoms with Gasteiger partial charge in [-0.1, -0.05) is 12.1 Å². The highest BCUT2D eigenvalue weighted by molar-refractivity contribution is 7.80. The van der Waals surface area contributed by atoms with E-state index in [4.69, 9.17) is 21.7 Å². The summed E-state index contributed by atoms with van der Waals surface area (Å²) in [6.07, 6.45) is 0. The Morgan fingerprint density at radius 2 is 1.83 bits per heavy atom. The van der Waals surface area contributed by atoms with Crippen LogP contribution in [0.3, 0.4) is 0 Å². The lowest BCUT2D eigenvalue weighted by molar-refractivity contribution is -0.385. The molecule has 9 heteroatoms. The molecule has 1 atom stereocenters. The lowest BCUT2D eigenvalue weighted by atomic mass is 9.93. The number of benzene rings is 2. The third-order valence-electron chi connectivity index (χ3n) is 4.67. The number of carbonyl (C=O) groups is 1. The van der Waals surface area contributed by atoms with E-state index in [1.54, 1.807) is 61.4 Å². The number of methoxy groups -OCH3 is 2. The van der Waals surface area contributed by atoms with Crippen LogP contribution in [0.2, 0.25) is 0 Å². The van der Waals surface area contributed by atoms with Crippen molar-refractivity contribution in [1.82, 2.24) is 5.32 Å². The molecule has 29 heavy (non-hydrogen) atoms. The van der Waals surface area contributed by atoms with E-state index in [-0.39, 0.29) is 11.3 Å². The third kappa shape index (κ3) is 3.77. The van der Waals surface area contributed by atoms with Gasteiger partial charge < -0.3 is 14.8 Å². The molecule has 1 N–H and O–H groups in total. The molecule has 2 aromatic rings. The maximum atomic E-state index is 12.6. The molecule has 0 saturated carbocycles. The molecule has 1 unspecified atom stereocenters. The van der Waals surface area contributed by atoms with Gasteiger partial charge in [0, 0.05) is 17.5 Å². The number of anilines is 1. The number of nitrogens with zero attached hydrogens (tertiary/aromatic N) is 2. The van der Waals surface area contributed by atoms with Gasteiger partial charge in [0.2, 0.25) is 0 Å². The molecule has 0 bridgehead atoms. The van der Waals surface area contributed by atoms with E-state index in [0.717, 1.165) is 0 Å². The summed E-state index contributed by atoms with van der Waals surface area (Å²) in [5.74, 6) is 0.0800. The number of para-hydroxylation sites is 1. The van der Waals surface area contributed by atoms with Crippen molar-refractivity contribution in [2.24, 2.45) is 0 Å². The lowest BCUT2D eigenvalue weighted by Crippen LogP contribution is -2.48. The van der Waals surface area contributed by atoms with Gasteiger partial charge in [-0.15, -0.1) is 0 Å². The Bertz CT molecular complexity index is 1000. The number of allylic oxidation sites excluding steroid dienone is 1. The second-order valence-electron chi connectivity index (χ2n) is 6.22. The van der Waals surface area contributed by atoms with Gasteiger partial charge in [0.15, 0.2) is 5.11 Å². The molecule has 0 spiro atoms. The van der Waals surface area contributed by atoms with Crippen LogP contribution in [0.5, 0.6) is 5.75 Å². The summed E-state index contributed by atoms with van der Waals surface area (Å²) < 4.78 is 10.2.